The van der Waals surface area contributed by atoms with Crippen LogP contribution in [0, 0.1) is 6.92 Å². The number of hydrogen-bond acceptors (Lipinski definition) is 4. The number of carboxylic acids is 1. The Hall–Kier alpha value is -4.42. The number of aromatic nitrogens is 1. The number of para-hydroxylation sites is 1. The minimum atomic E-state index is -0.998. The molecule has 0 radical (unpaired) electrons. The van der Waals surface area contributed by atoms with Crippen LogP contribution in [0.15, 0.2) is 114 Å². The molecule has 1 unspecified atom stereocenters. The summed E-state index contributed by atoms with van der Waals surface area (Å²) in [5.74, 6) is -1.12. The number of hydrogen-bond donors (Lipinski definition) is 2. The van der Waals surface area contributed by atoms with E-state index in [-0.39, 0.29) is 11.5 Å². The predicted molar refractivity (Wildman–Crippen MR) is 149 cm³/mol. The lowest BCUT2D eigenvalue weighted by atomic mass is 10.0. The van der Waals surface area contributed by atoms with Crippen molar-refractivity contribution in [3.63, 3.8) is 0 Å². The molecular weight excluding hydrogens is 480 g/mol. The number of fused-ring (bicyclic) bond motifs is 1. The van der Waals surface area contributed by atoms with Crippen LogP contribution in [0.25, 0.3) is 22.2 Å². The van der Waals surface area contributed by atoms with E-state index in [4.69, 9.17) is 0 Å². The molecule has 0 fully saturated rings. The van der Waals surface area contributed by atoms with Gasteiger partial charge in [-0.15, -0.1) is 11.8 Å². The first-order chi connectivity index (χ1) is 18.0. The molecule has 4 aromatic carbocycles. The Morgan fingerprint density at radius 3 is 2.22 bits per heavy atom. The van der Waals surface area contributed by atoms with Gasteiger partial charge in [0.05, 0.1) is 16.8 Å². The Kier molecular flexibility index (Phi) is 7.01. The van der Waals surface area contributed by atoms with E-state index in [2.05, 4.69) is 10.3 Å². The van der Waals surface area contributed by atoms with Crippen LogP contribution in [0.1, 0.15) is 26.7 Å². The predicted octanol–water partition coefficient (Wildman–Crippen LogP) is 7.38. The van der Waals surface area contributed by atoms with E-state index in [1.807, 2.05) is 91.9 Å². The van der Waals surface area contributed by atoms with Gasteiger partial charge in [-0.3, -0.25) is 4.79 Å². The molecule has 1 aromatic heterocycles. The molecule has 0 aliphatic heterocycles. The van der Waals surface area contributed by atoms with Gasteiger partial charge in [-0.1, -0.05) is 78.4 Å². The average molecular weight is 505 g/mol. The SMILES string of the molecule is Cc1ccc(SC(C(=O)Nc2ccc(-c3cc(C(=O)O)c4ccccc4n3)cc2)c2ccccc2)cc1. The topological polar surface area (TPSA) is 79.3 Å². The number of anilines is 1. The third-order valence-electron chi connectivity index (χ3n) is 6.01. The Bertz CT molecular complexity index is 1570. The monoisotopic (exact) mass is 504 g/mol. The van der Waals surface area contributed by atoms with Crippen LogP contribution in [-0.2, 0) is 4.79 Å². The first-order valence-electron chi connectivity index (χ1n) is 11.8. The highest BCUT2D eigenvalue weighted by Crippen LogP contribution is 2.36. The lowest BCUT2D eigenvalue weighted by Gasteiger charge is -2.17. The molecule has 6 heteroatoms. The number of nitrogens with one attached hydrogen (secondary N) is 1. The largest absolute Gasteiger partial charge is 0.478 e. The molecule has 5 aromatic rings. The summed E-state index contributed by atoms with van der Waals surface area (Å²) < 4.78 is 0. The fourth-order valence-corrected chi connectivity index (χ4v) is 5.11. The Labute approximate surface area is 219 Å². The zero-order chi connectivity index (χ0) is 25.8. The van der Waals surface area contributed by atoms with Crippen LogP contribution in [0.5, 0.6) is 0 Å². The van der Waals surface area contributed by atoms with Gasteiger partial charge in [0, 0.05) is 21.5 Å². The molecule has 0 aliphatic rings. The minimum absolute atomic E-state index is 0.124. The van der Waals surface area contributed by atoms with Crippen molar-refractivity contribution in [1.29, 1.82) is 0 Å². The number of aryl methyl sites for hydroxylation is 1. The van der Waals surface area contributed by atoms with E-state index in [1.54, 1.807) is 24.3 Å². The zero-order valence-corrected chi connectivity index (χ0v) is 20.9. The number of rotatable bonds is 7. The van der Waals surface area contributed by atoms with E-state index in [0.717, 1.165) is 16.0 Å². The molecule has 5 rings (SSSR count). The highest BCUT2D eigenvalue weighted by molar-refractivity contribution is 8.00. The van der Waals surface area contributed by atoms with E-state index in [0.29, 0.717) is 22.3 Å². The van der Waals surface area contributed by atoms with E-state index < -0.39 is 11.2 Å². The number of benzene rings is 4. The molecule has 0 saturated heterocycles. The molecular formula is C31H24N2O3S. The van der Waals surface area contributed by atoms with Crippen molar-refractivity contribution in [2.45, 2.75) is 17.1 Å². The quantitative estimate of drug-likeness (QED) is 0.226. The van der Waals surface area contributed by atoms with E-state index in [9.17, 15) is 14.7 Å². The summed E-state index contributed by atoms with van der Waals surface area (Å²) in [6.07, 6.45) is 0. The number of pyridine rings is 1. The Morgan fingerprint density at radius 2 is 1.51 bits per heavy atom. The lowest BCUT2D eigenvalue weighted by Crippen LogP contribution is -2.19. The molecule has 182 valence electrons. The summed E-state index contributed by atoms with van der Waals surface area (Å²) >= 11 is 1.51. The van der Waals surface area contributed by atoms with Gasteiger partial charge in [0.2, 0.25) is 5.91 Å². The van der Waals surface area contributed by atoms with Gasteiger partial charge >= 0.3 is 5.97 Å². The zero-order valence-electron chi connectivity index (χ0n) is 20.1. The molecule has 1 atom stereocenters. The van der Waals surface area contributed by atoms with Crippen molar-refractivity contribution in [1.82, 2.24) is 4.98 Å². The molecule has 37 heavy (non-hydrogen) atoms. The van der Waals surface area contributed by atoms with Crippen LogP contribution in [0.3, 0.4) is 0 Å². The highest BCUT2D eigenvalue weighted by atomic mass is 32.2. The number of thioether (sulfide) groups is 1. The molecule has 0 bridgehead atoms. The molecule has 2 N–H and O–H groups in total. The van der Waals surface area contributed by atoms with Gasteiger partial charge in [-0.05, 0) is 48.9 Å². The fraction of sp³-hybridized carbons (Fsp3) is 0.0645. The molecule has 0 spiro atoms. The third-order valence-corrected chi connectivity index (χ3v) is 7.28. The van der Waals surface area contributed by atoms with Crippen molar-refractivity contribution >= 4 is 40.2 Å². The first-order valence-corrected chi connectivity index (χ1v) is 12.7. The molecule has 5 nitrogen and oxygen atoms in total. The van der Waals surface area contributed by atoms with Gasteiger partial charge in [0.25, 0.3) is 0 Å². The number of amides is 1. The van der Waals surface area contributed by atoms with Gasteiger partial charge < -0.3 is 10.4 Å². The van der Waals surface area contributed by atoms with Crippen molar-refractivity contribution in [2.75, 3.05) is 5.32 Å². The second-order valence-corrected chi connectivity index (χ2v) is 9.84. The second kappa shape index (κ2) is 10.7. The maximum Gasteiger partial charge on any atom is 0.336 e. The van der Waals surface area contributed by atoms with Crippen molar-refractivity contribution in [3.05, 3.63) is 126 Å². The van der Waals surface area contributed by atoms with Crippen LogP contribution in [0.4, 0.5) is 5.69 Å². The standard InChI is InChI=1S/C31H24N2O3S/c1-20-11-17-24(18-12-20)37-29(22-7-3-2-4-8-22)30(34)32-23-15-13-21(14-16-23)28-19-26(31(35)36)25-9-5-6-10-27(25)33-28/h2-19,29H,1H3,(H,32,34)(H,35,36). The summed E-state index contributed by atoms with van der Waals surface area (Å²) in [5.41, 5.74) is 4.89. The first kappa shape index (κ1) is 24.3. The molecule has 0 aliphatic carbocycles. The van der Waals surface area contributed by atoms with Gasteiger partial charge in [0.15, 0.2) is 0 Å². The number of carbonyl (C=O) groups is 2. The fourth-order valence-electron chi connectivity index (χ4n) is 4.09. The van der Waals surface area contributed by atoms with Gasteiger partial charge in [-0.2, -0.15) is 0 Å². The van der Waals surface area contributed by atoms with Crippen LogP contribution in [0.2, 0.25) is 0 Å². The van der Waals surface area contributed by atoms with Crippen molar-refractivity contribution in [3.8, 4) is 11.3 Å². The average Bonchev–Trinajstić information content (AvgIpc) is 2.93. The highest BCUT2D eigenvalue weighted by Gasteiger charge is 2.22. The Balaban J connectivity index is 1.39. The number of carboxylic acid groups (broad SMARTS) is 1. The van der Waals surface area contributed by atoms with E-state index in [1.165, 1.54) is 17.3 Å². The molecule has 0 saturated carbocycles. The summed E-state index contributed by atoms with van der Waals surface area (Å²) in [5, 5.41) is 12.9. The van der Waals surface area contributed by atoms with Crippen molar-refractivity contribution < 1.29 is 14.7 Å². The third kappa shape index (κ3) is 5.55. The molecule has 1 heterocycles. The molecule has 1 amide bonds. The van der Waals surface area contributed by atoms with Gasteiger partial charge in [0.1, 0.15) is 5.25 Å². The maximum absolute atomic E-state index is 13.4. The number of carbonyl (C=O) groups excluding carboxylic acids is 1. The van der Waals surface area contributed by atoms with Crippen LogP contribution < -0.4 is 5.32 Å². The van der Waals surface area contributed by atoms with Crippen molar-refractivity contribution in [2.24, 2.45) is 0 Å². The maximum atomic E-state index is 13.4. The summed E-state index contributed by atoms with van der Waals surface area (Å²) in [6.45, 7) is 2.04. The van der Waals surface area contributed by atoms with Crippen LogP contribution in [-0.4, -0.2) is 22.0 Å². The summed E-state index contributed by atoms with van der Waals surface area (Å²) in [7, 11) is 0. The van der Waals surface area contributed by atoms with Gasteiger partial charge in [-0.25, -0.2) is 9.78 Å². The number of nitrogens with zero attached hydrogens (tertiary/aromatic N) is 1. The normalized spacial score (nSPS) is 11.7. The minimum Gasteiger partial charge on any atom is -0.478 e. The smallest absolute Gasteiger partial charge is 0.336 e. The van der Waals surface area contributed by atoms with E-state index >= 15 is 0 Å². The summed E-state index contributed by atoms with van der Waals surface area (Å²) in [6, 6.07) is 33.9. The summed E-state index contributed by atoms with van der Waals surface area (Å²) in [4.78, 5) is 30.9. The Morgan fingerprint density at radius 1 is 0.838 bits per heavy atom. The lowest BCUT2D eigenvalue weighted by molar-refractivity contribution is -0.115. The van der Waals surface area contributed by atoms with Crippen LogP contribution >= 0.6 is 11.8 Å². The second-order valence-electron chi connectivity index (χ2n) is 8.67. The number of aromatic carboxylic acids is 1.